The first-order chi connectivity index (χ1) is 9.61. The number of nitrogens with zero attached hydrogens (tertiary/aromatic N) is 1. The molecule has 0 atom stereocenters. The van der Waals surface area contributed by atoms with Gasteiger partial charge in [-0.25, -0.2) is 9.18 Å². The summed E-state index contributed by atoms with van der Waals surface area (Å²) in [4.78, 5) is 13.7. The molecule has 0 aliphatic carbocycles. The number of nitrogen functional groups attached to an aromatic ring is 1. The Morgan fingerprint density at radius 1 is 1.24 bits per heavy atom. The Hall–Kier alpha value is -1.78. The van der Waals surface area contributed by atoms with Crippen LogP contribution in [-0.4, -0.2) is 23.1 Å². The van der Waals surface area contributed by atoms with E-state index in [0.29, 0.717) is 29.8 Å². The minimum absolute atomic E-state index is 0.234. The summed E-state index contributed by atoms with van der Waals surface area (Å²) in [5, 5.41) is 0. The number of nitrogens with two attached hydrogens (primary N) is 1. The zero-order chi connectivity index (χ0) is 15.9. The molecule has 1 aromatic carbocycles. The van der Waals surface area contributed by atoms with Crippen LogP contribution in [-0.2, 0) is 17.7 Å². The number of halogens is 1. The number of carbonyl (C=O) groups excluding carboxylic acids is 1. The summed E-state index contributed by atoms with van der Waals surface area (Å²) in [5.41, 5.74) is 8.77. The molecule has 2 rings (SSSR count). The molecule has 0 saturated heterocycles. The van der Waals surface area contributed by atoms with Crippen molar-refractivity contribution in [2.75, 3.05) is 12.3 Å². The van der Waals surface area contributed by atoms with Gasteiger partial charge in [-0.1, -0.05) is 0 Å². The summed E-state index contributed by atoms with van der Waals surface area (Å²) >= 11 is 0. The van der Waals surface area contributed by atoms with Gasteiger partial charge in [-0.15, -0.1) is 0 Å². The molecule has 2 N–H and O–H groups in total. The lowest BCUT2D eigenvalue weighted by molar-refractivity contribution is 0.0221. The van der Waals surface area contributed by atoms with Crippen molar-refractivity contribution in [1.82, 2.24) is 4.90 Å². The standard InChI is InChI=1S/C16H23FN2O2/c1-9-11-6-7-19(15(20)21-16(3,4)5)8-12(11)13(17)10(2)14(9)18/h6-8,18H2,1-5H3. The molecule has 0 saturated carbocycles. The molecule has 0 fully saturated rings. The second kappa shape index (κ2) is 5.20. The lowest BCUT2D eigenvalue weighted by Gasteiger charge is -2.32. The van der Waals surface area contributed by atoms with E-state index < -0.39 is 11.7 Å². The molecule has 4 nitrogen and oxygen atoms in total. The molecule has 0 aromatic heterocycles. The molecular weight excluding hydrogens is 271 g/mol. The molecule has 1 heterocycles. The van der Waals surface area contributed by atoms with Crippen LogP contribution in [0.4, 0.5) is 14.9 Å². The molecule has 1 aliphatic rings. The van der Waals surface area contributed by atoms with E-state index >= 15 is 0 Å². The Morgan fingerprint density at radius 3 is 2.43 bits per heavy atom. The van der Waals surface area contributed by atoms with Crippen molar-refractivity contribution in [3.8, 4) is 0 Å². The van der Waals surface area contributed by atoms with E-state index in [1.807, 2.05) is 27.7 Å². The number of anilines is 1. The maximum absolute atomic E-state index is 14.4. The van der Waals surface area contributed by atoms with Crippen LogP contribution in [0.25, 0.3) is 0 Å². The molecule has 1 aromatic rings. The van der Waals surface area contributed by atoms with Gasteiger partial charge >= 0.3 is 6.09 Å². The summed E-state index contributed by atoms with van der Waals surface area (Å²) in [5.74, 6) is -0.304. The van der Waals surface area contributed by atoms with Gasteiger partial charge in [-0.3, -0.25) is 0 Å². The van der Waals surface area contributed by atoms with Crippen molar-refractivity contribution in [2.24, 2.45) is 0 Å². The lowest BCUT2D eigenvalue weighted by Crippen LogP contribution is -2.40. The van der Waals surface area contributed by atoms with Crippen LogP contribution < -0.4 is 5.73 Å². The highest BCUT2D eigenvalue weighted by Crippen LogP contribution is 2.32. The van der Waals surface area contributed by atoms with E-state index in [4.69, 9.17) is 10.5 Å². The molecule has 0 spiro atoms. The maximum atomic E-state index is 14.4. The van der Waals surface area contributed by atoms with Gasteiger partial charge in [0, 0.05) is 23.4 Å². The molecule has 0 radical (unpaired) electrons. The van der Waals surface area contributed by atoms with Crippen LogP contribution >= 0.6 is 0 Å². The van der Waals surface area contributed by atoms with E-state index in [1.54, 1.807) is 11.8 Å². The van der Waals surface area contributed by atoms with Gasteiger partial charge in [0.15, 0.2) is 0 Å². The van der Waals surface area contributed by atoms with Gasteiger partial charge in [-0.2, -0.15) is 0 Å². The molecule has 21 heavy (non-hydrogen) atoms. The first-order valence-corrected chi connectivity index (χ1v) is 7.15. The number of hydrogen-bond donors (Lipinski definition) is 1. The maximum Gasteiger partial charge on any atom is 0.410 e. The zero-order valence-electron chi connectivity index (χ0n) is 13.3. The molecule has 1 amide bonds. The Morgan fingerprint density at radius 2 is 1.86 bits per heavy atom. The number of carbonyl (C=O) groups is 1. The van der Waals surface area contributed by atoms with Gasteiger partial charge in [0.05, 0.1) is 6.54 Å². The van der Waals surface area contributed by atoms with Crippen LogP contribution in [0, 0.1) is 19.7 Å². The van der Waals surface area contributed by atoms with Crippen molar-refractivity contribution < 1.29 is 13.9 Å². The fraction of sp³-hybridized carbons (Fsp3) is 0.562. The summed E-state index contributed by atoms with van der Waals surface area (Å²) < 4.78 is 19.8. The lowest BCUT2D eigenvalue weighted by atomic mass is 9.91. The van der Waals surface area contributed by atoms with Gasteiger partial charge < -0.3 is 15.4 Å². The van der Waals surface area contributed by atoms with Crippen molar-refractivity contribution in [1.29, 1.82) is 0 Å². The van der Waals surface area contributed by atoms with Crippen LogP contribution in [0.3, 0.4) is 0 Å². The van der Waals surface area contributed by atoms with E-state index in [0.717, 1.165) is 11.1 Å². The van der Waals surface area contributed by atoms with Crippen molar-refractivity contribution in [2.45, 2.75) is 53.2 Å². The number of benzene rings is 1. The predicted octanol–water partition coefficient (Wildman–Crippen LogP) is 3.32. The topological polar surface area (TPSA) is 55.6 Å². The van der Waals surface area contributed by atoms with Crippen LogP contribution in [0.2, 0.25) is 0 Å². The van der Waals surface area contributed by atoms with E-state index in [1.165, 1.54) is 0 Å². The first kappa shape index (κ1) is 15.6. The number of amides is 1. The summed E-state index contributed by atoms with van der Waals surface area (Å²) in [6.45, 7) is 9.78. The molecule has 1 aliphatic heterocycles. The fourth-order valence-electron chi connectivity index (χ4n) is 2.65. The summed E-state index contributed by atoms with van der Waals surface area (Å²) in [6.07, 6.45) is 0.196. The number of rotatable bonds is 0. The van der Waals surface area contributed by atoms with Gasteiger partial charge in [0.2, 0.25) is 0 Å². The summed E-state index contributed by atoms with van der Waals surface area (Å²) in [6, 6.07) is 0. The summed E-state index contributed by atoms with van der Waals surface area (Å²) in [7, 11) is 0. The largest absolute Gasteiger partial charge is 0.444 e. The minimum Gasteiger partial charge on any atom is -0.444 e. The molecule has 116 valence electrons. The molecule has 0 bridgehead atoms. The highest BCUT2D eigenvalue weighted by molar-refractivity contribution is 5.69. The Balaban J connectivity index is 2.31. The molecular formula is C16H23FN2O2. The predicted molar refractivity (Wildman–Crippen MR) is 80.6 cm³/mol. The van der Waals surface area contributed by atoms with Crippen molar-refractivity contribution in [3.63, 3.8) is 0 Å². The van der Waals surface area contributed by atoms with Gasteiger partial charge in [0.1, 0.15) is 11.4 Å². The third-order valence-corrected chi connectivity index (χ3v) is 3.85. The van der Waals surface area contributed by atoms with E-state index in [9.17, 15) is 9.18 Å². The number of fused-ring (bicyclic) bond motifs is 1. The number of hydrogen-bond acceptors (Lipinski definition) is 3. The average molecular weight is 294 g/mol. The zero-order valence-corrected chi connectivity index (χ0v) is 13.3. The van der Waals surface area contributed by atoms with Gasteiger partial charge in [0.25, 0.3) is 0 Å². The Labute approximate surface area is 125 Å². The Kier molecular flexibility index (Phi) is 3.87. The highest BCUT2D eigenvalue weighted by atomic mass is 19.1. The molecule has 0 unspecified atom stereocenters. The molecule has 5 heteroatoms. The third kappa shape index (κ3) is 2.96. The first-order valence-electron chi connectivity index (χ1n) is 7.15. The number of ether oxygens (including phenoxy) is 1. The monoisotopic (exact) mass is 294 g/mol. The SMILES string of the molecule is Cc1c(N)c(C)c2c(c1F)CN(C(=O)OC(C)(C)C)CC2. The van der Waals surface area contributed by atoms with Crippen LogP contribution in [0.5, 0.6) is 0 Å². The Bertz CT molecular complexity index is 591. The third-order valence-electron chi connectivity index (χ3n) is 3.85. The van der Waals surface area contributed by atoms with Gasteiger partial charge in [-0.05, 0) is 52.2 Å². The van der Waals surface area contributed by atoms with Crippen molar-refractivity contribution >= 4 is 11.8 Å². The van der Waals surface area contributed by atoms with E-state index in [2.05, 4.69) is 0 Å². The van der Waals surface area contributed by atoms with Crippen LogP contribution in [0.1, 0.15) is 43.0 Å². The minimum atomic E-state index is -0.553. The smallest absolute Gasteiger partial charge is 0.410 e. The quantitative estimate of drug-likeness (QED) is 0.747. The van der Waals surface area contributed by atoms with E-state index in [-0.39, 0.29) is 12.4 Å². The second-order valence-electron chi connectivity index (χ2n) is 6.59. The normalized spacial score (nSPS) is 14.9. The average Bonchev–Trinajstić information content (AvgIpc) is 2.40. The highest BCUT2D eigenvalue weighted by Gasteiger charge is 2.29. The van der Waals surface area contributed by atoms with Crippen molar-refractivity contribution in [3.05, 3.63) is 28.1 Å². The fourth-order valence-corrected chi connectivity index (χ4v) is 2.65. The second-order valence-corrected chi connectivity index (χ2v) is 6.59. The van der Waals surface area contributed by atoms with Crippen LogP contribution in [0.15, 0.2) is 0 Å².